The zero-order chi connectivity index (χ0) is 12.9. The van der Waals surface area contributed by atoms with Crippen LogP contribution in [0.4, 0.5) is 4.39 Å². The number of rotatable bonds is 5. The van der Waals surface area contributed by atoms with Gasteiger partial charge in [-0.15, -0.1) is 0 Å². The van der Waals surface area contributed by atoms with Crippen LogP contribution >= 0.6 is 0 Å². The molecule has 0 aliphatic heterocycles. The third kappa shape index (κ3) is 3.23. The maximum atomic E-state index is 12.9. The van der Waals surface area contributed by atoms with Gasteiger partial charge in [-0.3, -0.25) is 4.79 Å². The topological polar surface area (TPSA) is 62.2 Å². The Morgan fingerprint density at radius 1 is 1.53 bits per heavy atom. The van der Waals surface area contributed by atoms with E-state index in [4.69, 9.17) is 0 Å². The Kier molecular flexibility index (Phi) is 4.57. The quantitative estimate of drug-likeness (QED) is 0.767. The standard InChI is InChI=1S/C12H17FN2O2/c1-3-12(4-2,8-16)15-11(17)9-5-6-14-10(13)7-9/h5-7,16H,3-4,8H2,1-2H3,(H,15,17). The molecular formula is C12H17FN2O2. The van der Waals surface area contributed by atoms with E-state index in [1.807, 2.05) is 13.8 Å². The molecule has 4 nitrogen and oxygen atoms in total. The van der Waals surface area contributed by atoms with Gasteiger partial charge in [0.05, 0.1) is 12.1 Å². The predicted molar refractivity (Wildman–Crippen MR) is 62.1 cm³/mol. The zero-order valence-electron chi connectivity index (χ0n) is 10.0. The van der Waals surface area contributed by atoms with Crippen molar-refractivity contribution in [3.63, 3.8) is 0 Å². The van der Waals surface area contributed by atoms with Crippen molar-refractivity contribution in [2.45, 2.75) is 32.2 Å². The summed E-state index contributed by atoms with van der Waals surface area (Å²) in [7, 11) is 0. The number of hydrogen-bond donors (Lipinski definition) is 2. The summed E-state index contributed by atoms with van der Waals surface area (Å²) in [5.41, 5.74) is -0.436. The average molecular weight is 240 g/mol. The highest BCUT2D eigenvalue weighted by molar-refractivity contribution is 5.94. The van der Waals surface area contributed by atoms with Gasteiger partial charge in [-0.05, 0) is 18.9 Å². The number of aliphatic hydroxyl groups is 1. The molecule has 0 radical (unpaired) electrons. The second-order valence-electron chi connectivity index (χ2n) is 3.97. The highest BCUT2D eigenvalue weighted by Crippen LogP contribution is 2.15. The van der Waals surface area contributed by atoms with Crippen LogP contribution in [0.1, 0.15) is 37.0 Å². The van der Waals surface area contributed by atoms with E-state index < -0.39 is 17.4 Å². The summed E-state index contributed by atoms with van der Waals surface area (Å²) >= 11 is 0. The van der Waals surface area contributed by atoms with E-state index in [1.54, 1.807) is 0 Å². The Hall–Kier alpha value is -1.49. The summed E-state index contributed by atoms with van der Waals surface area (Å²) in [6.45, 7) is 3.62. The molecule has 0 saturated heterocycles. The molecular weight excluding hydrogens is 223 g/mol. The smallest absolute Gasteiger partial charge is 0.252 e. The summed E-state index contributed by atoms with van der Waals surface area (Å²) in [5.74, 6) is -1.09. The van der Waals surface area contributed by atoms with E-state index in [-0.39, 0.29) is 12.2 Å². The maximum absolute atomic E-state index is 12.9. The van der Waals surface area contributed by atoms with Crippen molar-refractivity contribution in [3.8, 4) is 0 Å². The molecule has 0 spiro atoms. The highest BCUT2D eigenvalue weighted by Gasteiger charge is 2.27. The fourth-order valence-corrected chi connectivity index (χ4v) is 1.55. The number of hydrogen-bond acceptors (Lipinski definition) is 3. The van der Waals surface area contributed by atoms with Gasteiger partial charge in [0.1, 0.15) is 0 Å². The van der Waals surface area contributed by atoms with Crippen molar-refractivity contribution in [1.29, 1.82) is 0 Å². The average Bonchev–Trinajstić information content (AvgIpc) is 2.36. The van der Waals surface area contributed by atoms with E-state index in [1.165, 1.54) is 12.3 Å². The molecule has 0 atom stereocenters. The number of nitrogens with zero attached hydrogens (tertiary/aromatic N) is 1. The molecule has 5 heteroatoms. The fourth-order valence-electron chi connectivity index (χ4n) is 1.55. The first-order chi connectivity index (χ1) is 8.06. The molecule has 0 aromatic carbocycles. The van der Waals surface area contributed by atoms with E-state index in [9.17, 15) is 14.3 Å². The molecule has 0 bridgehead atoms. The van der Waals surface area contributed by atoms with Crippen molar-refractivity contribution < 1.29 is 14.3 Å². The normalized spacial score (nSPS) is 11.3. The van der Waals surface area contributed by atoms with Crippen LogP contribution in [0.2, 0.25) is 0 Å². The molecule has 0 fully saturated rings. The van der Waals surface area contributed by atoms with Gasteiger partial charge in [0.25, 0.3) is 5.91 Å². The predicted octanol–water partition coefficient (Wildman–Crippen LogP) is 1.50. The van der Waals surface area contributed by atoms with Gasteiger partial charge in [0, 0.05) is 17.8 Å². The van der Waals surface area contributed by atoms with Gasteiger partial charge in [-0.25, -0.2) is 4.98 Å². The van der Waals surface area contributed by atoms with E-state index >= 15 is 0 Å². The molecule has 94 valence electrons. The molecule has 1 rings (SSSR count). The molecule has 2 N–H and O–H groups in total. The molecule has 0 saturated carbocycles. The number of carbonyl (C=O) groups is 1. The first kappa shape index (κ1) is 13.6. The van der Waals surface area contributed by atoms with Gasteiger partial charge >= 0.3 is 0 Å². The fraction of sp³-hybridized carbons (Fsp3) is 0.500. The van der Waals surface area contributed by atoms with Crippen LogP contribution in [0.15, 0.2) is 18.3 Å². The molecule has 17 heavy (non-hydrogen) atoms. The number of aliphatic hydroxyl groups excluding tert-OH is 1. The van der Waals surface area contributed by atoms with Gasteiger partial charge in [0.15, 0.2) is 0 Å². The van der Waals surface area contributed by atoms with Crippen molar-refractivity contribution in [2.75, 3.05) is 6.61 Å². The molecule has 1 amide bonds. The second-order valence-corrected chi connectivity index (χ2v) is 3.97. The first-order valence-corrected chi connectivity index (χ1v) is 5.62. The lowest BCUT2D eigenvalue weighted by atomic mass is 9.93. The minimum Gasteiger partial charge on any atom is -0.394 e. The summed E-state index contributed by atoms with van der Waals surface area (Å²) in [5, 5.41) is 12.1. The largest absolute Gasteiger partial charge is 0.394 e. The van der Waals surface area contributed by atoms with Crippen molar-refractivity contribution in [3.05, 3.63) is 29.8 Å². The van der Waals surface area contributed by atoms with Gasteiger partial charge in [-0.2, -0.15) is 4.39 Å². The Labute approximate surface area is 99.9 Å². The molecule has 1 aromatic heterocycles. The Morgan fingerprint density at radius 3 is 2.65 bits per heavy atom. The van der Waals surface area contributed by atoms with Gasteiger partial charge in [0.2, 0.25) is 5.95 Å². The van der Waals surface area contributed by atoms with Gasteiger partial charge in [-0.1, -0.05) is 13.8 Å². The molecule has 1 heterocycles. The van der Waals surface area contributed by atoms with Crippen molar-refractivity contribution in [1.82, 2.24) is 10.3 Å². The number of carbonyl (C=O) groups excluding carboxylic acids is 1. The summed E-state index contributed by atoms with van der Waals surface area (Å²) < 4.78 is 12.9. The van der Waals surface area contributed by atoms with Crippen LogP contribution in [0.5, 0.6) is 0 Å². The molecule has 1 aromatic rings. The number of pyridine rings is 1. The van der Waals surface area contributed by atoms with E-state index in [0.29, 0.717) is 12.8 Å². The van der Waals surface area contributed by atoms with Crippen LogP contribution < -0.4 is 5.32 Å². The second kappa shape index (κ2) is 5.72. The van der Waals surface area contributed by atoms with Crippen molar-refractivity contribution in [2.24, 2.45) is 0 Å². The Bertz CT molecular complexity index is 384. The molecule has 0 aliphatic carbocycles. The number of aromatic nitrogens is 1. The monoisotopic (exact) mass is 240 g/mol. The number of amides is 1. The minimum atomic E-state index is -0.694. The minimum absolute atomic E-state index is 0.140. The number of halogens is 1. The summed E-state index contributed by atoms with van der Waals surface area (Å²) in [6.07, 6.45) is 2.46. The van der Waals surface area contributed by atoms with Crippen LogP contribution in [0, 0.1) is 5.95 Å². The van der Waals surface area contributed by atoms with Gasteiger partial charge < -0.3 is 10.4 Å². The molecule has 0 unspecified atom stereocenters. The summed E-state index contributed by atoms with van der Waals surface area (Å²) in [4.78, 5) is 15.3. The Morgan fingerprint density at radius 2 is 2.18 bits per heavy atom. The van der Waals surface area contributed by atoms with Crippen LogP contribution in [-0.4, -0.2) is 28.1 Å². The third-order valence-electron chi connectivity index (χ3n) is 3.02. The first-order valence-electron chi connectivity index (χ1n) is 5.62. The number of nitrogens with one attached hydrogen (secondary N) is 1. The highest BCUT2D eigenvalue weighted by atomic mass is 19.1. The lowest BCUT2D eigenvalue weighted by molar-refractivity contribution is 0.0817. The van der Waals surface area contributed by atoms with Crippen LogP contribution in [-0.2, 0) is 0 Å². The Balaban J connectivity index is 2.84. The summed E-state index contributed by atoms with van der Waals surface area (Å²) in [6, 6.07) is 2.51. The maximum Gasteiger partial charge on any atom is 0.252 e. The lowest BCUT2D eigenvalue weighted by Gasteiger charge is -2.30. The van der Waals surface area contributed by atoms with E-state index in [0.717, 1.165) is 6.07 Å². The lowest BCUT2D eigenvalue weighted by Crippen LogP contribution is -2.50. The molecule has 0 aliphatic rings. The van der Waals surface area contributed by atoms with Crippen LogP contribution in [0.3, 0.4) is 0 Å². The van der Waals surface area contributed by atoms with E-state index in [2.05, 4.69) is 10.3 Å². The SMILES string of the molecule is CCC(CC)(CO)NC(=O)c1ccnc(F)c1. The third-order valence-corrected chi connectivity index (χ3v) is 3.02. The van der Waals surface area contributed by atoms with Crippen LogP contribution in [0.25, 0.3) is 0 Å². The zero-order valence-corrected chi connectivity index (χ0v) is 10.0. The van der Waals surface area contributed by atoms with Crippen molar-refractivity contribution >= 4 is 5.91 Å².